The summed E-state index contributed by atoms with van der Waals surface area (Å²) in [5.74, 6) is 0.588. The number of methoxy groups -OCH3 is 1. The van der Waals surface area contributed by atoms with Crippen LogP contribution in [0, 0.1) is 0 Å². The Kier molecular flexibility index (Phi) is 4.81. The molecule has 1 aromatic carbocycles. The molecule has 8 nitrogen and oxygen atoms in total. The van der Waals surface area contributed by atoms with Crippen LogP contribution in [0.4, 0.5) is 16.2 Å². The van der Waals surface area contributed by atoms with E-state index in [4.69, 9.17) is 9.47 Å². The van der Waals surface area contributed by atoms with Crippen molar-refractivity contribution >= 4 is 27.4 Å². The Morgan fingerprint density at radius 3 is 2.62 bits per heavy atom. The number of anilines is 2. The standard InChI is InChI=1S/C15H21N3O5S/c1-22-14-4-3-12(16-15(19)17-6-8-23-9-7-17)11-13(14)18-5-2-10-24(18,20)21/h3-4,11H,2,5-10H2,1H3,(H,16,19). The van der Waals surface area contributed by atoms with Crippen molar-refractivity contribution < 1.29 is 22.7 Å². The zero-order valence-electron chi connectivity index (χ0n) is 13.5. The van der Waals surface area contributed by atoms with Gasteiger partial charge in [0.2, 0.25) is 10.0 Å². The van der Waals surface area contributed by atoms with Crippen molar-refractivity contribution in [2.45, 2.75) is 6.42 Å². The Labute approximate surface area is 141 Å². The van der Waals surface area contributed by atoms with E-state index in [9.17, 15) is 13.2 Å². The molecule has 9 heteroatoms. The van der Waals surface area contributed by atoms with E-state index in [-0.39, 0.29) is 11.8 Å². The number of carbonyl (C=O) groups excluding carboxylic acids is 1. The Hall–Kier alpha value is -2.00. The van der Waals surface area contributed by atoms with Gasteiger partial charge in [-0.3, -0.25) is 4.31 Å². The van der Waals surface area contributed by atoms with Crippen LogP contribution in [-0.2, 0) is 14.8 Å². The third-order valence-corrected chi connectivity index (χ3v) is 5.95. The predicted molar refractivity (Wildman–Crippen MR) is 90.2 cm³/mol. The summed E-state index contributed by atoms with van der Waals surface area (Å²) >= 11 is 0. The highest BCUT2D eigenvalue weighted by atomic mass is 32.2. The molecule has 1 aromatic rings. The topological polar surface area (TPSA) is 88.2 Å². The van der Waals surface area contributed by atoms with E-state index in [0.29, 0.717) is 56.4 Å². The van der Waals surface area contributed by atoms with Crippen molar-refractivity contribution in [3.63, 3.8) is 0 Å². The van der Waals surface area contributed by atoms with Crippen LogP contribution in [-0.4, -0.2) is 65.1 Å². The molecule has 0 radical (unpaired) electrons. The van der Waals surface area contributed by atoms with Gasteiger partial charge in [-0.15, -0.1) is 0 Å². The molecule has 24 heavy (non-hydrogen) atoms. The van der Waals surface area contributed by atoms with Crippen LogP contribution in [0.25, 0.3) is 0 Å². The molecule has 0 aliphatic carbocycles. The molecular weight excluding hydrogens is 334 g/mol. The molecule has 0 atom stereocenters. The predicted octanol–water partition coefficient (Wildman–Crippen LogP) is 1.10. The van der Waals surface area contributed by atoms with Crippen LogP contribution in [0.3, 0.4) is 0 Å². The van der Waals surface area contributed by atoms with Crippen LogP contribution >= 0.6 is 0 Å². The van der Waals surface area contributed by atoms with Gasteiger partial charge in [-0.1, -0.05) is 0 Å². The third-order valence-electron chi connectivity index (χ3n) is 4.10. The van der Waals surface area contributed by atoms with E-state index >= 15 is 0 Å². The van der Waals surface area contributed by atoms with Crippen molar-refractivity contribution in [1.29, 1.82) is 0 Å². The zero-order valence-corrected chi connectivity index (χ0v) is 14.3. The van der Waals surface area contributed by atoms with Crippen molar-refractivity contribution in [2.24, 2.45) is 0 Å². The molecule has 2 fully saturated rings. The van der Waals surface area contributed by atoms with Gasteiger partial charge in [0, 0.05) is 25.3 Å². The molecule has 132 valence electrons. The van der Waals surface area contributed by atoms with Crippen LogP contribution in [0.5, 0.6) is 5.75 Å². The normalized spacial score (nSPS) is 20.0. The second-order valence-corrected chi connectivity index (χ2v) is 7.67. The molecule has 2 amide bonds. The number of hydrogen-bond donors (Lipinski definition) is 1. The first-order valence-corrected chi connectivity index (χ1v) is 9.44. The van der Waals surface area contributed by atoms with Crippen molar-refractivity contribution in [3.8, 4) is 5.75 Å². The SMILES string of the molecule is COc1ccc(NC(=O)N2CCOCC2)cc1N1CCCS1(=O)=O. The molecule has 2 aliphatic rings. The Morgan fingerprint density at radius 2 is 2.00 bits per heavy atom. The summed E-state index contributed by atoms with van der Waals surface area (Å²) < 4.78 is 36.2. The highest BCUT2D eigenvalue weighted by Crippen LogP contribution is 2.35. The van der Waals surface area contributed by atoms with E-state index in [1.54, 1.807) is 23.1 Å². The van der Waals surface area contributed by atoms with Gasteiger partial charge < -0.3 is 19.7 Å². The largest absolute Gasteiger partial charge is 0.495 e. The van der Waals surface area contributed by atoms with Crippen molar-refractivity contribution in [2.75, 3.05) is 55.3 Å². The Morgan fingerprint density at radius 1 is 1.25 bits per heavy atom. The number of morpholine rings is 1. The van der Waals surface area contributed by atoms with E-state index < -0.39 is 10.0 Å². The fourth-order valence-corrected chi connectivity index (χ4v) is 4.41. The van der Waals surface area contributed by atoms with E-state index in [2.05, 4.69) is 5.32 Å². The molecule has 0 bridgehead atoms. The quantitative estimate of drug-likeness (QED) is 0.877. The lowest BCUT2D eigenvalue weighted by Crippen LogP contribution is -2.43. The fourth-order valence-electron chi connectivity index (χ4n) is 2.84. The summed E-state index contributed by atoms with van der Waals surface area (Å²) in [6.45, 7) is 2.53. The number of nitrogens with zero attached hydrogens (tertiary/aromatic N) is 2. The molecular formula is C15H21N3O5S. The minimum Gasteiger partial charge on any atom is -0.495 e. The summed E-state index contributed by atoms with van der Waals surface area (Å²) in [6, 6.07) is 4.78. The molecule has 0 unspecified atom stereocenters. The van der Waals surface area contributed by atoms with Crippen molar-refractivity contribution in [3.05, 3.63) is 18.2 Å². The summed E-state index contributed by atoms with van der Waals surface area (Å²) in [4.78, 5) is 13.9. The summed E-state index contributed by atoms with van der Waals surface area (Å²) in [7, 11) is -1.83. The van der Waals surface area contributed by atoms with Gasteiger partial charge in [0.25, 0.3) is 0 Å². The molecule has 2 heterocycles. The van der Waals surface area contributed by atoms with E-state index in [1.807, 2.05) is 0 Å². The van der Waals surface area contributed by atoms with Crippen LogP contribution < -0.4 is 14.4 Å². The van der Waals surface area contributed by atoms with Gasteiger partial charge in [-0.25, -0.2) is 13.2 Å². The van der Waals surface area contributed by atoms with Gasteiger partial charge in [0.1, 0.15) is 5.75 Å². The van der Waals surface area contributed by atoms with Crippen molar-refractivity contribution in [1.82, 2.24) is 4.90 Å². The highest BCUT2D eigenvalue weighted by molar-refractivity contribution is 7.93. The van der Waals surface area contributed by atoms with Gasteiger partial charge in [0.15, 0.2) is 0 Å². The van der Waals surface area contributed by atoms with Crippen LogP contribution in [0.1, 0.15) is 6.42 Å². The molecule has 1 N–H and O–H groups in total. The van der Waals surface area contributed by atoms with Gasteiger partial charge in [-0.05, 0) is 24.6 Å². The first-order valence-electron chi connectivity index (χ1n) is 7.83. The highest BCUT2D eigenvalue weighted by Gasteiger charge is 2.31. The molecule has 0 aromatic heterocycles. The first-order chi connectivity index (χ1) is 11.5. The average Bonchev–Trinajstić information content (AvgIpc) is 2.94. The lowest BCUT2D eigenvalue weighted by atomic mass is 10.2. The maximum atomic E-state index is 12.3. The number of benzene rings is 1. The second-order valence-electron chi connectivity index (χ2n) is 5.66. The minimum atomic E-state index is -3.32. The maximum Gasteiger partial charge on any atom is 0.322 e. The second kappa shape index (κ2) is 6.86. The number of hydrogen-bond acceptors (Lipinski definition) is 5. The summed E-state index contributed by atoms with van der Waals surface area (Å²) in [5.41, 5.74) is 0.985. The molecule has 2 saturated heterocycles. The number of carbonyl (C=O) groups is 1. The monoisotopic (exact) mass is 355 g/mol. The van der Waals surface area contributed by atoms with Gasteiger partial charge >= 0.3 is 6.03 Å². The zero-order chi connectivity index (χ0) is 17.2. The minimum absolute atomic E-state index is 0.126. The number of ether oxygens (including phenoxy) is 2. The lowest BCUT2D eigenvalue weighted by Gasteiger charge is -2.27. The summed E-state index contributed by atoms with van der Waals surface area (Å²) in [5, 5.41) is 2.81. The average molecular weight is 355 g/mol. The molecule has 2 aliphatic heterocycles. The number of sulfonamides is 1. The van der Waals surface area contributed by atoms with Crippen LogP contribution in [0.2, 0.25) is 0 Å². The summed E-state index contributed by atoms with van der Waals surface area (Å²) in [6.07, 6.45) is 0.579. The van der Waals surface area contributed by atoms with E-state index in [1.165, 1.54) is 11.4 Å². The third kappa shape index (κ3) is 3.41. The maximum absolute atomic E-state index is 12.3. The number of nitrogens with one attached hydrogen (secondary N) is 1. The Bertz CT molecular complexity index is 716. The molecule has 0 spiro atoms. The van der Waals surface area contributed by atoms with E-state index in [0.717, 1.165) is 0 Å². The first kappa shape index (κ1) is 16.8. The smallest absolute Gasteiger partial charge is 0.322 e. The molecule has 3 rings (SSSR count). The molecule has 0 saturated carbocycles. The number of amides is 2. The van der Waals surface area contributed by atoms with Gasteiger partial charge in [-0.2, -0.15) is 0 Å². The number of urea groups is 1. The lowest BCUT2D eigenvalue weighted by molar-refractivity contribution is 0.0564. The van der Waals surface area contributed by atoms with Gasteiger partial charge in [0.05, 0.1) is 31.8 Å². The van der Waals surface area contributed by atoms with Crippen LogP contribution in [0.15, 0.2) is 18.2 Å². The Balaban J connectivity index is 1.82. The number of rotatable bonds is 3. The fraction of sp³-hybridized carbons (Fsp3) is 0.533.